The highest BCUT2D eigenvalue weighted by Gasteiger charge is 2.35. The molecule has 1 saturated carbocycles. The molecule has 1 aliphatic carbocycles. The fourth-order valence-electron chi connectivity index (χ4n) is 2.72. The van der Waals surface area contributed by atoms with E-state index in [1.807, 2.05) is 35.2 Å². The molecule has 108 valence electrons. The number of amides is 1. The lowest BCUT2D eigenvalue weighted by Gasteiger charge is -2.30. The molecule has 1 saturated heterocycles. The first-order chi connectivity index (χ1) is 9.83. The third-order valence-electron chi connectivity index (χ3n) is 4.00. The van der Waals surface area contributed by atoms with Crippen molar-refractivity contribution in [2.75, 3.05) is 13.1 Å². The minimum absolute atomic E-state index is 0.203. The van der Waals surface area contributed by atoms with Crippen LogP contribution in [-0.2, 0) is 0 Å². The smallest absolute Gasteiger partial charge is 0.410 e. The second-order valence-corrected chi connectivity index (χ2v) is 5.71. The van der Waals surface area contributed by atoms with Crippen molar-refractivity contribution in [1.29, 1.82) is 0 Å². The van der Waals surface area contributed by atoms with Crippen LogP contribution in [0.3, 0.4) is 0 Å². The van der Waals surface area contributed by atoms with E-state index in [0.717, 1.165) is 32.4 Å². The quantitative estimate of drug-likeness (QED) is 0.918. The van der Waals surface area contributed by atoms with Gasteiger partial charge in [-0.15, -0.1) is 0 Å². The first-order valence-corrected chi connectivity index (χ1v) is 7.60. The minimum Gasteiger partial charge on any atom is -0.410 e. The van der Waals surface area contributed by atoms with E-state index in [1.54, 1.807) is 0 Å². The Morgan fingerprint density at radius 3 is 2.65 bits per heavy atom. The van der Waals surface area contributed by atoms with E-state index in [2.05, 4.69) is 5.32 Å². The average Bonchev–Trinajstić information content (AvgIpc) is 3.31. The second-order valence-electron chi connectivity index (χ2n) is 5.71. The maximum Gasteiger partial charge on any atom is 0.415 e. The second kappa shape index (κ2) is 6.27. The van der Waals surface area contributed by atoms with E-state index < -0.39 is 0 Å². The summed E-state index contributed by atoms with van der Waals surface area (Å²) >= 11 is 0. The number of nitrogens with zero attached hydrogens (tertiary/aromatic N) is 1. The Labute approximate surface area is 120 Å². The largest absolute Gasteiger partial charge is 0.415 e. The Bertz CT molecular complexity index is 439. The monoisotopic (exact) mass is 274 g/mol. The highest BCUT2D eigenvalue weighted by molar-refractivity contribution is 5.71. The molecule has 0 spiro atoms. The average molecular weight is 274 g/mol. The summed E-state index contributed by atoms with van der Waals surface area (Å²) in [4.78, 5) is 14.3. The Morgan fingerprint density at radius 1 is 1.20 bits per heavy atom. The number of rotatable bonds is 4. The molecule has 1 heterocycles. The van der Waals surface area contributed by atoms with Crippen molar-refractivity contribution in [3.05, 3.63) is 30.3 Å². The van der Waals surface area contributed by atoms with E-state index in [0.29, 0.717) is 17.8 Å². The van der Waals surface area contributed by atoms with Gasteiger partial charge in [-0.1, -0.05) is 24.6 Å². The fraction of sp³-hybridized carbons (Fsp3) is 0.562. The number of hydrogen-bond donors (Lipinski definition) is 1. The van der Waals surface area contributed by atoms with Gasteiger partial charge in [-0.05, 0) is 44.4 Å². The lowest BCUT2D eigenvalue weighted by Crippen LogP contribution is -2.47. The molecular formula is C16H22N2O2. The lowest BCUT2D eigenvalue weighted by atomic mass is 10.0. The number of para-hydroxylation sites is 1. The molecule has 3 rings (SSSR count). The molecule has 20 heavy (non-hydrogen) atoms. The summed E-state index contributed by atoms with van der Waals surface area (Å²) in [5, 5.41) is 3.50. The van der Waals surface area contributed by atoms with Crippen LogP contribution in [0.2, 0.25) is 0 Å². The zero-order valence-corrected chi connectivity index (χ0v) is 11.8. The molecule has 2 aliphatic rings. The predicted molar refractivity (Wildman–Crippen MR) is 77.8 cm³/mol. The molecule has 2 fully saturated rings. The molecule has 1 atom stereocenters. The van der Waals surface area contributed by atoms with Gasteiger partial charge in [0, 0.05) is 18.6 Å². The number of hydrogen-bond acceptors (Lipinski definition) is 3. The van der Waals surface area contributed by atoms with Crippen LogP contribution >= 0.6 is 0 Å². The highest BCUT2D eigenvalue weighted by atomic mass is 16.6. The van der Waals surface area contributed by atoms with Gasteiger partial charge in [-0.3, -0.25) is 0 Å². The van der Waals surface area contributed by atoms with Gasteiger partial charge in [0.2, 0.25) is 0 Å². The lowest BCUT2D eigenvalue weighted by molar-refractivity contribution is 0.140. The first kappa shape index (κ1) is 13.4. The minimum atomic E-state index is -0.203. The summed E-state index contributed by atoms with van der Waals surface area (Å²) in [6.07, 6.45) is 5.67. The van der Waals surface area contributed by atoms with Crippen molar-refractivity contribution >= 4 is 6.09 Å². The van der Waals surface area contributed by atoms with Gasteiger partial charge in [-0.2, -0.15) is 0 Å². The van der Waals surface area contributed by atoms with E-state index >= 15 is 0 Å². The molecule has 1 aliphatic heterocycles. The van der Waals surface area contributed by atoms with Crippen LogP contribution in [0.4, 0.5) is 4.79 Å². The molecule has 1 aromatic carbocycles. The highest BCUT2D eigenvalue weighted by Crippen LogP contribution is 2.28. The van der Waals surface area contributed by atoms with E-state index in [9.17, 15) is 4.79 Å². The van der Waals surface area contributed by atoms with Crippen LogP contribution < -0.4 is 10.1 Å². The standard InChI is InChI=1S/C16H22N2O2/c19-16(20-15-7-2-1-3-8-15)18(14-9-10-14)12-13-6-4-5-11-17-13/h1-3,7-8,13-14,17H,4-6,9-12H2. The van der Waals surface area contributed by atoms with Gasteiger partial charge in [0.05, 0.1) is 0 Å². The summed E-state index contributed by atoms with van der Waals surface area (Å²) in [5.74, 6) is 0.625. The van der Waals surface area contributed by atoms with Gasteiger partial charge < -0.3 is 15.0 Å². The van der Waals surface area contributed by atoms with E-state index in [4.69, 9.17) is 4.74 Å². The van der Waals surface area contributed by atoms with Crippen molar-refractivity contribution in [2.45, 2.75) is 44.2 Å². The van der Waals surface area contributed by atoms with Gasteiger partial charge in [0.25, 0.3) is 0 Å². The van der Waals surface area contributed by atoms with Gasteiger partial charge in [0.1, 0.15) is 5.75 Å². The van der Waals surface area contributed by atoms with Crippen LogP contribution in [0.1, 0.15) is 32.1 Å². The Morgan fingerprint density at radius 2 is 2.00 bits per heavy atom. The Hall–Kier alpha value is -1.55. The Balaban J connectivity index is 1.59. The SMILES string of the molecule is O=C(Oc1ccccc1)N(CC1CCCCN1)C1CC1. The molecule has 1 unspecified atom stereocenters. The number of benzene rings is 1. The summed E-state index contributed by atoms with van der Waals surface area (Å²) < 4.78 is 5.48. The maximum atomic E-state index is 12.3. The maximum absolute atomic E-state index is 12.3. The van der Waals surface area contributed by atoms with Crippen LogP contribution in [0, 0.1) is 0 Å². The molecule has 4 heteroatoms. The summed E-state index contributed by atoms with van der Waals surface area (Å²) in [6.45, 7) is 1.84. The normalized spacial score (nSPS) is 22.3. The molecule has 0 radical (unpaired) electrons. The summed E-state index contributed by atoms with van der Waals surface area (Å²) in [7, 11) is 0. The van der Waals surface area contributed by atoms with Crippen molar-refractivity contribution in [1.82, 2.24) is 10.2 Å². The molecule has 1 N–H and O–H groups in total. The number of carbonyl (C=O) groups excluding carboxylic acids is 1. The van der Waals surface area contributed by atoms with Crippen molar-refractivity contribution in [3.63, 3.8) is 0 Å². The van der Waals surface area contributed by atoms with Gasteiger partial charge in [-0.25, -0.2) is 4.79 Å². The van der Waals surface area contributed by atoms with Crippen LogP contribution in [-0.4, -0.2) is 36.2 Å². The third-order valence-corrected chi connectivity index (χ3v) is 4.00. The molecule has 1 aromatic rings. The van der Waals surface area contributed by atoms with Crippen LogP contribution in [0.5, 0.6) is 5.75 Å². The van der Waals surface area contributed by atoms with E-state index in [1.165, 1.54) is 12.8 Å². The molecule has 0 bridgehead atoms. The van der Waals surface area contributed by atoms with Crippen LogP contribution in [0.15, 0.2) is 30.3 Å². The van der Waals surface area contributed by atoms with Gasteiger partial charge in [0.15, 0.2) is 0 Å². The first-order valence-electron chi connectivity index (χ1n) is 7.60. The van der Waals surface area contributed by atoms with Crippen molar-refractivity contribution in [2.24, 2.45) is 0 Å². The third kappa shape index (κ3) is 3.51. The molecule has 4 nitrogen and oxygen atoms in total. The van der Waals surface area contributed by atoms with Crippen molar-refractivity contribution < 1.29 is 9.53 Å². The Kier molecular flexibility index (Phi) is 4.21. The molecular weight excluding hydrogens is 252 g/mol. The number of nitrogens with one attached hydrogen (secondary N) is 1. The number of carbonyl (C=O) groups is 1. The predicted octanol–water partition coefficient (Wildman–Crippen LogP) is 2.79. The zero-order chi connectivity index (χ0) is 13.8. The summed E-state index contributed by atoms with van der Waals surface area (Å²) in [6, 6.07) is 10.1. The zero-order valence-electron chi connectivity index (χ0n) is 11.8. The topological polar surface area (TPSA) is 41.6 Å². The van der Waals surface area contributed by atoms with Crippen molar-refractivity contribution in [3.8, 4) is 5.75 Å². The number of piperidine rings is 1. The summed E-state index contributed by atoms with van der Waals surface area (Å²) in [5.41, 5.74) is 0. The fourth-order valence-corrected chi connectivity index (χ4v) is 2.72. The van der Waals surface area contributed by atoms with Crippen LogP contribution in [0.25, 0.3) is 0 Å². The van der Waals surface area contributed by atoms with E-state index in [-0.39, 0.29) is 6.09 Å². The van der Waals surface area contributed by atoms with Gasteiger partial charge >= 0.3 is 6.09 Å². The molecule has 0 aromatic heterocycles. The molecule has 1 amide bonds. The number of ether oxygens (including phenoxy) is 1.